The summed E-state index contributed by atoms with van der Waals surface area (Å²) in [5.74, 6) is -0.104. The van der Waals surface area contributed by atoms with Gasteiger partial charge in [-0.3, -0.25) is 9.59 Å². The molecule has 1 N–H and O–H groups in total. The summed E-state index contributed by atoms with van der Waals surface area (Å²) in [4.78, 5) is 32.7. The third-order valence-corrected chi connectivity index (χ3v) is 5.40. The van der Waals surface area contributed by atoms with E-state index in [2.05, 4.69) is 4.98 Å². The molecule has 1 aromatic heterocycles. The van der Waals surface area contributed by atoms with Crippen molar-refractivity contribution in [3.05, 3.63) is 35.3 Å². The number of carbonyl (C=O) groups excluding carboxylic acids is 2. The maximum atomic E-state index is 13.7. The smallest absolute Gasteiger partial charge is 0.254 e. The molecule has 0 radical (unpaired) electrons. The van der Waals surface area contributed by atoms with Gasteiger partial charge in [-0.25, -0.2) is 4.39 Å². The van der Waals surface area contributed by atoms with Crippen LogP contribution >= 0.6 is 0 Å². The van der Waals surface area contributed by atoms with Gasteiger partial charge in [0, 0.05) is 24.0 Å². The Bertz CT molecular complexity index is 888. The van der Waals surface area contributed by atoms with E-state index in [-0.39, 0.29) is 30.1 Å². The summed E-state index contributed by atoms with van der Waals surface area (Å²) in [5, 5.41) is 0.803. The molecule has 0 unspecified atom stereocenters. The molecular formula is C19H22FN3O2. The summed E-state index contributed by atoms with van der Waals surface area (Å²) in [6, 6.07) is 4.60. The van der Waals surface area contributed by atoms with Gasteiger partial charge in [0.2, 0.25) is 5.91 Å². The van der Waals surface area contributed by atoms with Crippen LogP contribution in [0.2, 0.25) is 0 Å². The van der Waals surface area contributed by atoms with Crippen molar-refractivity contribution in [1.82, 2.24) is 14.8 Å². The van der Waals surface area contributed by atoms with Gasteiger partial charge in [-0.1, -0.05) is 13.8 Å². The summed E-state index contributed by atoms with van der Waals surface area (Å²) < 4.78 is 13.7. The van der Waals surface area contributed by atoms with Crippen LogP contribution in [0.5, 0.6) is 0 Å². The fourth-order valence-corrected chi connectivity index (χ4v) is 4.29. The predicted octanol–water partition coefficient (Wildman–Crippen LogP) is 2.41. The molecule has 0 bridgehead atoms. The first-order chi connectivity index (χ1) is 11.8. The summed E-state index contributed by atoms with van der Waals surface area (Å²) in [6.45, 7) is 7.04. The molecule has 4 rings (SSSR count). The number of fused-ring (bicyclic) bond motifs is 5. The highest BCUT2D eigenvalue weighted by Crippen LogP contribution is 2.42. The Morgan fingerprint density at radius 2 is 2.08 bits per heavy atom. The standard InChI is InChI=1S/C19H22FN3O2/c1-11(2)9-22-10-16(24)23-7-6-13-14-8-12(20)4-5-15(14)21-17(13)19(23,3)18(22)25/h4-5,8,11,21H,6-7,9-10H2,1-3H3/t19-/m0/s1. The average molecular weight is 343 g/mol. The number of aromatic amines is 1. The molecule has 2 aliphatic rings. The molecule has 1 aromatic carbocycles. The first-order valence-electron chi connectivity index (χ1n) is 8.72. The molecule has 2 aromatic rings. The number of aromatic nitrogens is 1. The number of nitrogens with zero attached hydrogens (tertiary/aromatic N) is 2. The Morgan fingerprint density at radius 3 is 2.80 bits per heavy atom. The summed E-state index contributed by atoms with van der Waals surface area (Å²) in [6.07, 6.45) is 0.623. The zero-order valence-corrected chi connectivity index (χ0v) is 14.7. The SMILES string of the molecule is CC(C)CN1CC(=O)N2CCc3c([nH]c4ccc(F)cc34)[C@@]2(C)C1=O. The molecule has 1 atom stereocenters. The summed E-state index contributed by atoms with van der Waals surface area (Å²) >= 11 is 0. The van der Waals surface area contributed by atoms with E-state index in [9.17, 15) is 14.0 Å². The van der Waals surface area contributed by atoms with Gasteiger partial charge in [0.25, 0.3) is 5.91 Å². The molecule has 2 aliphatic heterocycles. The van der Waals surface area contributed by atoms with Crippen molar-refractivity contribution in [3.8, 4) is 0 Å². The number of halogens is 1. The third kappa shape index (κ3) is 2.19. The molecule has 5 nitrogen and oxygen atoms in total. The Hall–Kier alpha value is -2.37. The van der Waals surface area contributed by atoms with Gasteiger partial charge in [-0.2, -0.15) is 0 Å². The van der Waals surface area contributed by atoms with E-state index in [1.165, 1.54) is 12.1 Å². The van der Waals surface area contributed by atoms with Gasteiger partial charge in [0.05, 0.1) is 12.2 Å². The van der Waals surface area contributed by atoms with Crippen LogP contribution in [-0.4, -0.2) is 46.2 Å². The van der Waals surface area contributed by atoms with Crippen molar-refractivity contribution >= 4 is 22.7 Å². The third-order valence-electron chi connectivity index (χ3n) is 5.40. The van der Waals surface area contributed by atoms with Crippen molar-refractivity contribution < 1.29 is 14.0 Å². The summed E-state index contributed by atoms with van der Waals surface area (Å²) in [7, 11) is 0. The van der Waals surface area contributed by atoms with Gasteiger partial charge in [0.15, 0.2) is 5.54 Å². The van der Waals surface area contributed by atoms with Crippen molar-refractivity contribution in [2.45, 2.75) is 32.7 Å². The van der Waals surface area contributed by atoms with Crippen LogP contribution in [-0.2, 0) is 21.5 Å². The zero-order valence-electron chi connectivity index (χ0n) is 14.7. The van der Waals surface area contributed by atoms with Gasteiger partial charge >= 0.3 is 0 Å². The van der Waals surface area contributed by atoms with E-state index < -0.39 is 5.54 Å². The number of carbonyl (C=O) groups is 2. The maximum absolute atomic E-state index is 13.7. The number of H-pyrrole nitrogens is 1. The lowest BCUT2D eigenvalue weighted by atomic mass is 9.83. The Morgan fingerprint density at radius 1 is 1.32 bits per heavy atom. The van der Waals surface area contributed by atoms with Gasteiger partial charge in [-0.05, 0) is 43.0 Å². The highest BCUT2D eigenvalue weighted by atomic mass is 19.1. The highest BCUT2D eigenvalue weighted by Gasteiger charge is 2.54. The Balaban J connectivity index is 1.89. The van der Waals surface area contributed by atoms with Crippen LogP contribution in [0.25, 0.3) is 10.9 Å². The number of benzene rings is 1. The largest absolute Gasteiger partial charge is 0.356 e. The number of hydrogen-bond acceptors (Lipinski definition) is 2. The molecular weight excluding hydrogens is 321 g/mol. The average Bonchev–Trinajstić information content (AvgIpc) is 2.91. The maximum Gasteiger partial charge on any atom is 0.254 e. The number of amides is 2. The lowest BCUT2D eigenvalue weighted by Crippen LogP contribution is -2.67. The van der Waals surface area contributed by atoms with E-state index in [1.54, 1.807) is 15.9 Å². The Labute approximate surface area is 145 Å². The van der Waals surface area contributed by atoms with Gasteiger partial charge < -0.3 is 14.8 Å². The second-order valence-electron chi connectivity index (χ2n) is 7.62. The van der Waals surface area contributed by atoms with E-state index in [1.807, 2.05) is 20.8 Å². The van der Waals surface area contributed by atoms with E-state index in [0.717, 1.165) is 22.2 Å². The van der Waals surface area contributed by atoms with E-state index >= 15 is 0 Å². The normalized spacial score (nSPS) is 23.4. The minimum absolute atomic E-state index is 0.0294. The van der Waals surface area contributed by atoms with Crippen LogP contribution < -0.4 is 0 Å². The lowest BCUT2D eigenvalue weighted by molar-refractivity contribution is -0.166. The first-order valence-corrected chi connectivity index (χ1v) is 8.72. The van der Waals surface area contributed by atoms with Crippen LogP contribution in [0.4, 0.5) is 4.39 Å². The van der Waals surface area contributed by atoms with Crippen molar-refractivity contribution in [3.63, 3.8) is 0 Å². The molecule has 1 fully saturated rings. The van der Waals surface area contributed by atoms with Crippen LogP contribution in [0.1, 0.15) is 32.0 Å². The van der Waals surface area contributed by atoms with E-state index in [4.69, 9.17) is 0 Å². The quantitative estimate of drug-likeness (QED) is 0.910. The van der Waals surface area contributed by atoms with Crippen LogP contribution in [0.15, 0.2) is 18.2 Å². The van der Waals surface area contributed by atoms with Crippen molar-refractivity contribution in [2.24, 2.45) is 5.92 Å². The molecule has 2 amide bonds. The first kappa shape index (κ1) is 16.1. The number of hydrogen-bond donors (Lipinski definition) is 1. The molecule has 6 heteroatoms. The second kappa shape index (κ2) is 5.31. The molecule has 25 heavy (non-hydrogen) atoms. The molecule has 0 saturated carbocycles. The summed E-state index contributed by atoms with van der Waals surface area (Å²) in [5.41, 5.74) is 1.43. The lowest BCUT2D eigenvalue weighted by Gasteiger charge is -2.49. The number of nitrogens with one attached hydrogen (secondary N) is 1. The minimum Gasteiger partial charge on any atom is -0.356 e. The topological polar surface area (TPSA) is 56.4 Å². The Kier molecular flexibility index (Phi) is 3.42. The molecule has 1 saturated heterocycles. The van der Waals surface area contributed by atoms with Crippen LogP contribution in [0.3, 0.4) is 0 Å². The fourth-order valence-electron chi connectivity index (χ4n) is 4.29. The van der Waals surface area contributed by atoms with E-state index in [0.29, 0.717) is 19.5 Å². The molecule has 0 spiro atoms. The molecule has 0 aliphatic carbocycles. The van der Waals surface area contributed by atoms with Crippen molar-refractivity contribution in [1.29, 1.82) is 0 Å². The minimum atomic E-state index is -1.05. The highest BCUT2D eigenvalue weighted by molar-refractivity contribution is 6.00. The molecule has 3 heterocycles. The van der Waals surface area contributed by atoms with Crippen molar-refractivity contribution in [2.75, 3.05) is 19.6 Å². The van der Waals surface area contributed by atoms with Crippen LogP contribution in [0, 0.1) is 11.7 Å². The van der Waals surface area contributed by atoms with Gasteiger partial charge in [-0.15, -0.1) is 0 Å². The predicted molar refractivity (Wildman–Crippen MR) is 92.4 cm³/mol. The second-order valence-corrected chi connectivity index (χ2v) is 7.62. The fraction of sp³-hybridized carbons (Fsp3) is 0.474. The zero-order chi connectivity index (χ0) is 17.9. The van der Waals surface area contributed by atoms with Gasteiger partial charge in [0.1, 0.15) is 5.82 Å². The molecule has 132 valence electrons. The monoisotopic (exact) mass is 343 g/mol. The number of piperazine rings is 1. The number of rotatable bonds is 2.